The fourth-order valence-electron chi connectivity index (χ4n) is 3.31. The molecule has 2 aromatic carbocycles. The number of aliphatic imine (C=N–C) groups is 1. The maximum absolute atomic E-state index is 11.6. The number of rotatable bonds is 5. The summed E-state index contributed by atoms with van der Waals surface area (Å²) in [5.41, 5.74) is 5.32. The van der Waals surface area contributed by atoms with Gasteiger partial charge in [-0.15, -0.1) is 0 Å². The average molecular weight is 405 g/mol. The number of halogens is 1. The molecule has 2 heterocycles. The normalized spacial score (nSPS) is 13.4. The molecule has 0 spiro atoms. The highest BCUT2D eigenvalue weighted by Crippen LogP contribution is 2.38. The smallest absolute Gasteiger partial charge is 0.337 e. The molecular weight excluding hydrogens is 388 g/mol. The van der Waals surface area contributed by atoms with Crippen molar-refractivity contribution in [2.75, 3.05) is 7.11 Å². The van der Waals surface area contributed by atoms with E-state index in [4.69, 9.17) is 21.3 Å². The predicted molar refractivity (Wildman–Crippen MR) is 114 cm³/mol. The molecule has 3 aromatic rings. The van der Waals surface area contributed by atoms with Crippen molar-refractivity contribution in [1.29, 1.82) is 0 Å². The number of ether oxygens (including phenoxy) is 1. The number of aromatic nitrogens is 1. The van der Waals surface area contributed by atoms with Gasteiger partial charge in [-0.2, -0.15) is 0 Å². The molecule has 0 fully saturated rings. The molecule has 6 heteroatoms. The van der Waals surface area contributed by atoms with Gasteiger partial charge in [0.1, 0.15) is 0 Å². The van der Waals surface area contributed by atoms with Gasteiger partial charge in [0.15, 0.2) is 0 Å². The predicted octanol–water partition coefficient (Wildman–Crippen LogP) is 5.20. The van der Waals surface area contributed by atoms with E-state index in [0.717, 1.165) is 33.7 Å². The first-order valence-electron chi connectivity index (χ1n) is 8.96. The van der Waals surface area contributed by atoms with Crippen molar-refractivity contribution in [3.8, 4) is 5.88 Å². The highest BCUT2D eigenvalue weighted by Gasteiger charge is 2.23. The summed E-state index contributed by atoms with van der Waals surface area (Å²) in [6.07, 6.45) is 2.24. The largest absolute Gasteiger partial charge is 0.481 e. The number of nitrogens with zero attached hydrogens (tertiary/aromatic N) is 2. The Kier molecular flexibility index (Phi) is 5.14. The van der Waals surface area contributed by atoms with Gasteiger partial charge < -0.3 is 9.84 Å². The fourth-order valence-corrected chi connectivity index (χ4v) is 3.51. The van der Waals surface area contributed by atoms with E-state index in [1.165, 1.54) is 0 Å². The van der Waals surface area contributed by atoms with Crippen LogP contribution in [0.4, 0.5) is 0 Å². The molecule has 1 aliphatic rings. The third kappa shape index (κ3) is 3.77. The van der Waals surface area contributed by atoms with Gasteiger partial charge in [0.2, 0.25) is 5.88 Å². The van der Waals surface area contributed by atoms with Gasteiger partial charge in [-0.05, 0) is 34.9 Å². The number of pyridine rings is 1. The second kappa shape index (κ2) is 7.89. The summed E-state index contributed by atoms with van der Waals surface area (Å²) >= 11 is 6.07. The number of carboxylic acids is 1. The summed E-state index contributed by atoms with van der Waals surface area (Å²) in [7, 11) is 1.56. The van der Waals surface area contributed by atoms with E-state index >= 15 is 0 Å². The second-order valence-corrected chi connectivity index (χ2v) is 6.92. The zero-order valence-electron chi connectivity index (χ0n) is 15.6. The molecular formula is C23H17ClN2O3. The van der Waals surface area contributed by atoms with Crippen LogP contribution in [0.5, 0.6) is 5.88 Å². The first-order chi connectivity index (χ1) is 14.1. The highest BCUT2D eigenvalue weighted by atomic mass is 35.5. The molecule has 1 N–H and O–H groups in total. The Bertz CT molecular complexity index is 1150. The van der Waals surface area contributed by atoms with Crippen LogP contribution in [0.1, 0.15) is 33.5 Å². The lowest BCUT2D eigenvalue weighted by molar-refractivity contribution is 0.0697. The van der Waals surface area contributed by atoms with Gasteiger partial charge in [0.05, 0.1) is 29.1 Å². The van der Waals surface area contributed by atoms with Crippen LogP contribution in [-0.4, -0.2) is 28.9 Å². The number of hydrogen-bond acceptors (Lipinski definition) is 4. The Morgan fingerprint density at radius 1 is 1.03 bits per heavy atom. The molecule has 0 amide bonds. The minimum Gasteiger partial charge on any atom is -0.481 e. The van der Waals surface area contributed by atoms with Crippen LogP contribution >= 0.6 is 11.6 Å². The molecule has 5 nitrogen and oxygen atoms in total. The lowest BCUT2D eigenvalue weighted by atomic mass is 9.95. The Labute approximate surface area is 173 Å². The molecule has 4 rings (SSSR count). The molecule has 0 saturated heterocycles. The Balaban J connectivity index is 1.86. The van der Waals surface area contributed by atoms with E-state index < -0.39 is 5.97 Å². The van der Waals surface area contributed by atoms with Crippen molar-refractivity contribution in [2.45, 2.75) is 6.42 Å². The maximum atomic E-state index is 11.6. The van der Waals surface area contributed by atoms with E-state index in [1.807, 2.05) is 48.5 Å². The van der Waals surface area contributed by atoms with Gasteiger partial charge in [-0.3, -0.25) is 4.99 Å². The fraction of sp³-hybridized carbons (Fsp3) is 0.0870. The van der Waals surface area contributed by atoms with Crippen LogP contribution in [0, 0.1) is 0 Å². The zero-order chi connectivity index (χ0) is 20.4. The quantitative estimate of drug-likeness (QED) is 0.634. The summed E-state index contributed by atoms with van der Waals surface area (Å²) in [6.45, 7) is 0. The molecule has 0 bridgehead atoms. The number of allylic oxidation sites excluding steroid dienone is 1. The Morgan fingerprint density at radius 3 is 2.55 bits per heavy atom. The lowest BCUT2D eigenvalue weighted by Crippen LogP contribution is -2.00. The monoisotopic (exact) mass is 404 g/mol. The van der Waals surface area contributed by atoms with Crippen LogP contribution in [0.25, 0.3) is 11.3 Å². The molecule has 0 aliphatic carbocycles. The topological polar surface area (TPSA) is 71.8 Å². The number of methoxy groups -OCH3 is 1. The van der Waals surface area contributed by atoms with Crippen molar-refractivity contribution in [3.63, 3.8) is 0 Å². The molecule has 1 aliphatic heterocycles. The minimum atomic E-state index is -1.06. The van der Waals surface area contributed by atoms with Crippen molar-refractivity contribution < 1.29 is 14.6 Å². The van der Waals surface area contributed by atoms with Gasteiger partial charge in [-0.1, -0.05) is 48.0 Å². The molecule has 0 atom stereocenters. The van der Waals surface area contributed by atoms with Crippen molar-refractivity contribution in [2.24, 2.45) is 4.99 Å². The summed E-state index contributed by atoms with van der Waals surface area (Å²) in [6, 6.07) is 18.6. The van der Waals surface area contributed by atoms with E-state index in [-0.39, 0.29) is 10.6 Å². The number of hydrogen-bond donors (Lipinski definition) is 1. The van der Waals surface area contributed by atoms with E-state index in [9.17, 15) is 9.90 Å². The standard InChI is InChI=1S/C23H17ClN2O3/c1-29-21-12-16(9-10-25-21)22-17(13-20(26-22)14-5-3-2-4-6-14)15-7-8-19(24)18(11-15)23(27)28/h2-12H,13H2,1H3,(H,27,28). The van der Waals surface area contributed by atoms with Gasteiger partial charge >= 0.3 is 5.97 Å². The average Bonchev–Trinajstić information content (AvgIpc) is 3.20. The van der Waals surface area contributed by atoms with E-state index in [2.05, 4.69) is 4.98 Å². The number of carboxylic acid groups (broad SMARTS) is 1. The van der Waals surface area contributed by atoms with Gasteiger partial charge in [-0.25, -0.2) is 9.78 Å². The Morgan fingerprint density at radius 2 is 1.83 bits per heavy atom. The van der Waals surface area contributed by atoms with Crippen LogP contribution in [0.3, 0.4) is 0 Å². The lowest BCUT2D eigenvalue weighted by Gasteiger charge is -2.09. The third-order valence-electron chi connectivity index (χ3n) is 4.75. The highest BCUT2D eigenvalue weighted by molar-refractivity contribution is 6.33. The Hall–Kier alpha value is -3.44. The second-order valence-electron chi connectivity index (χ2n) is 6.52. The maximum Gasteiger partial charge on any atom is 0.337 e. The molecule has 0 radical (unpaired) electrons. The van der Waals surface area contributed by atoms with Gasteiger partial charge in [0, 0.05) is 24.2 Å². The summed E-state index contributed by atoms with van der Waals surface area (Å²) in [5, 5.41) is 9.66. The van der Waals surface area contributed by atoms with Crippen LogP contribution < -0.4 is 4.74 Å². The zero-order valence-corrected chi connectivity index (χ0v) is 16.3. The molecule has 144 valence electrons. The number of aromatic carboxylic acids is 1. The van der Waals surface area contributed by atoms with Crippen LogP contribution in [0.15, 0.2) is 71.9 Å². The molecule has 0 saturated carbocycles. The minimum absolute atomic E-state index is 0.0662. The van der Waals surface area contributed by atoms with E-state index in [0.29, 0.717) is 12.3 Å². The SMILES string of the molecule is COc1cc(C2=C(c3ccc(Cl)c(C(=O)O)c3)CC(c3ccccc3)=N2)ccn1. The number of carbonyl (C=O) groups is 1. The van der Waals surface area contributed by atoms with Crippen LogP contribution in [0.2, 0.25) is 5.02 Å². The van der Waals surface area contributed by atoms with Crippen LogP contribution in [-0.2, 0) is 0 Å². The summed E-state index contributed by atoms with van der Waals surface area (Å²) in [4.78, 5) is 20.6. The van der Waals surface area contributed by atoms with E-state index in [1.54, 1.807) is 25.4 Å². The van der Waals surface area contributed by atoms with Crippen molar-refractivity contribution in [1.82, 2.24) is 4.98 Å². The van der Waals surface area contributed by atoms with Gasteiger partial charge in [0.25, 0.3) is 0 Å². The van der Waals surface area contributed by atoms with Crippen molar-refractivity contribution in [3.05, 3.63) is 94.1 Å². The third-order valence-corrected chi connectivity index (χ3v) is 5.08. The number of benzene rings is 2. The molecule has 0 unspecified atom stereocenters. The first-order valence-corrected chi connectivity index (χ1v) is 9.34. The summed E-state index contributed by atoms with van der Waals surface area (Å²) in [5.74, 6) is -0.577. The molecule has 1 aromatic heterocycles. The summed E-state index contributed by atoms with van der Waals surface area (Å²) < 4.78 is 5.26. The molecule has 29 heavy (non-hydrogen) atoms. The first kappa shape index (κ1) is 18.9. The van der Waals surface area contributed by atoms with Crippen molar-refractivity contribution >= 4 is 34.6 Å².